The van der Waals surface area contributed by atoms with E-state index >= 15 is 0 Å². The molecule has 3 unspecified atom stereocenters. The highest BCUT2D eigenvalue weighted by Gasteiger charge is 2.71. The molecule has 4 atom stereocenters. The standard InChI is InChI=1S/C14H22N2O2/c1-13(2)8-3-4-14(10(13)5-8)6-9(14)12(18)16-7-11(15)17/h8-10H,3-7H2,1-2H3,(H2,15,17)(H,16,18)/t8?,9-,10?,14?/m0/s1. The normalized spacial score (nSPS) is 43.1. The Bertz CT molecular complexity index is 416. The fraction of sp³-hybridized carbons (Fsp3) is 0.857. The Morgan fingerprint density at radius 3 is 2.67 bits per heavy atom. The molecule has 4 aliphatic carbocycles. The molecule has 0 aromatic carbocycles. The molecule has 0 aliphatic heterocycles. The predicted molar refractivity (Wildman–Crippen MR) is 67.4 cm³/mol. The Morgan fingerprint density at radius 2 is 2.11 bits per heavy atom. The van der Waals surface area contributed by atoms with Crippen LogP contribution in [0.4, 0.5) is 0 Å². The zero-order chi connectivity index (χ0) is 13.1. The van der Waals surface area contributed by atoms with Gasteiger partial charge in [0.25, 0.3) is 0 Å². The van der Waals surface area contributed by atoms with Gasteiger partial charge in [-0.2, -0.15) is 0 Å². The molecular formula is C14H22N2O2. The second kappa shape index (κ2) is 3.49. The molecule has 0 aromatic rings. The summed E-state index contributed by atoms with van der Waals surface area (Å²) < 4.78 is 0. The van der Waals surface area contributed by atoms with Gasteiger partial charge >= 0.3 is 0 Å². The third kappa shape index (κ3) is 1.44. The van der Waals surface area contributed by atoms with Crippen LogP contribution in [-0.4, -0.2) is 18.4 Å². The van der Waals surface area contributed by atoms with E-state index in [1.165, 1.54) is 19.3 Å². The van der Waals surface area contributed by atoms with Gasteiger partial charge in [-0.3, -0.25) is 9.59 Å². The van der Waals surface area contributed by atoms with Crippen molar-refractivity contribution in [3.8, 4) is 0 Å². The summed E-state index contributed by atoms with van der Waals surface area (Å²) in [7, 11) is 0. The maximum atomic E-state index is 12.0. The molecule has 4 fully saturated rings. The molecule has 4 saturated carbocycles. The average Bonchev–Trinajstić information content (AvgIpc) is 2.99. The highest BCUT2D eigenvalue weighted by atomic mass is 16.2. The zero-order valence-corrected chi connectivity index (χ0v) is 11.2. The number of rotatable bonds is 3. The Labute approximate surface area is 108 Å². The number of amides is 2. The monoisotopic (exact) mass is 250 g/mol. The molecular weight excluding hydrogens is 228 g/mol. The van der Waals surface area contributed by atoms with Gasteiger partial charge in [0.2, 0.25) is 11.8 Å². The first kappa shape index (κ1) is 12.0. The fourth-order valence-corrected chi connectivity index (χ4v) is 4.73. The first-order valence-corrected chi connectivity index (χ1v) is 6.94. The molecule has 4 aliphatic rings. The van der Waals surface area contributed by atoms with Crippen LogP contribution in [-0.2, 0) is 9.59 Å². The highest BCUT2D eigenvalue weighted by Crippen LogP contribution is 2.76. The van der Waals surface area contributed by atoms with Crippen LogP contribution < -0.4 is 11.1 Å². The van der Waals surface area contributed by atoms with E-state index in [-0.39, 0.29) is 23.8 Å². The quantitative estimate of drug-likeness (QED) is 0.786. The smallest absolute Gasteiger partial charge is 0.236 e. The van der Waals surface area contributed by atoms with E-state index in [1.54, 1.807) is 0 Å². The lowest BCUT2D eigenvalue weighted by molar-refractivity contribution is -0.137. The SMILES string of the molecule is CC1(C)C2CCC3(C[C@H]3C(=O)NCC(N)=O)C1C2. The predicted octanol–water partition coefficient (Wildman–Crippen LogP) is 1.05. The number of fused-ring (bicyclic) bond motifs is 1. The molecule has 2 bridgehead atoms. The van der Waals surface area contributed by atoms with Crippen molar-refractivity contribution in [2.75, 3.05) is 6.54 Å². The van der Waals surface area contributed by atoms with Crippen LogP contribution in [0.5, 0.6) is 0 Å². The Hall–Kier alpha value is -1.06. The van der Waals surface area contributed by atoms with Crippen molar-refractivity contribution in [2.45, 2.75) is 39.5 Å². The van der Waals surface area contributed by atoms with E-state index in [9.17, 15) is 9.59 Å². The van der Waals surface area contributed by atoms with E-state index in [0.29, 0.717) is 11.3 Å². The molecule has 0 saturated heterocycles. The summed E-state index contributed by atoms with van der Waals surface area (Å²) in [4.78, 5) is 22.7. The molecule has 2 amide bonds. The lowest BCUT2D eigenvalue weighted by Gasteiger charge is -2.61. The average molecular weight is 250 g/mol. The van der Waals surface area contributed by atoms with Crippen LogP contribution in [0.25, 0.3) is 0 Å². The van der Waals surface area contributed by atoms with E-state index < -0.39 is 5.91 Å². The second-order valence-corrected chi connectivity index (χ2v) is 7.02. The van der Waals surface area contributed by atoms with Gasteiger partial charge in [0.15, 0.2) is 0 Å². The molecule has 1 spiro atoms. The molecule has 4 nitrogen and oxygen atoms in total. The largest absolute Gasteiger partial charge is 0.368 e. The summed E-state index contributed by atoms with van der Waals surface area (Å²) in [5, 5.41) is 2.67. The van der Waals surface area contributed by atoms with E-state index in [0.717, 1.165) is 12.3 Å². The van der Waals surface area contributed by atoms with Gasteiger partial charge in [-0.25, -0.2) is 0 Å². The molecule has 3 N–H and O–H groups in total. The number of hydrogen-bond donors (Lipinski definition) is 2. The van der Waals surface area contributed by atoms with E-state index in [1.807, 2.05) is 0 Å². The van der Waals surface area contributed by atoms with Crippen molar-refractivity contribution < 1.29 is 9.59 Å². The highest BCUT2D eigenvalue weighted by molar-refractivity contribution is 5.87. The minimum absolute atomic E-state index is 0.0257. The molecule has 18 heavy (non-hydrogen) atoms. The Balaban J connectivity index is 1.66. The van der Waals surface area contributed by atoms with Gasteiger partial charge in [-0.15, -0.1) is 0 Å². The number of primary amides is 1. The van der Waals surface area contributed by atoms with Crippen LogP contribution in [0.3, 0.4) is 0 Å². The summed E-state index contributed by atoms with van der Waals surface area (Å²) in [5.74, 6) is 1.26. The van der Waals surface area contributed by atoms with Crippen molar-refractivity contribution in [3.63, 3.8) is 0 Å². The van der Waals surface area contributed by atoms with Crippen LogP contribution in [0, 0.1) is 28.6 Å². The maximum absolute atomic E-state index is 12.0. The van der Waals surface area contributed by atoms with Crippen LogP contribution in [0.2, 0.25) is 0 Å². The lowest BCUT2D eigenvalue weighted by Crippen LogP contribution is -2.54. The maximum Gasteiger partial charge on any atom is 0.236 e. The number of hydrogen-bond acceptors (Lipinski definition) is 2. The molecule has 4 rings (SSSR count). The van der Waals surface area contributed by atoms with Crippen molar-refractivity contribution in [1.82, 2.24) is 5.32 Å². The lowest BCUT2D eigenvalue weighted by atomic mass is 9.44. The van der Waals surface area contributed by atoms with E-state index in [4.69, 9.17) is 5.73 Å². The Kier molecular flexibility index (Phi) is 2.32. The van der Waals surface area contributed by atoms with Gasteiger partial charge in [0.05, 0.1) is 6.54 Å². The zero-order valence-electron chi connectivity index (χ0n) is 11.2. The summed E-state index contributed by atoms with van der Waals surface area (Å²) in [6, 6.07) is 0. The van der Waals surface area contributed by atoms with Gasteiger partial charge < -0.3 is 11.1 Å². The van der Waals surface area contributed by atoms with Crippen molar-refractivity contribution >= 4 is 11.8 Å². The minimum Gasteiger partial charge on any atom is -0.368 e. The number of nitrogens with one attached hydrogen (secondary N) is 1. The van der Waals surface area contributed by atoms with Crippen molar-refractivity contribution in [3.05, 3.63) is 0 Å². The number of carbonyl (C=O) groups excluding carboxylic acids is 2. The number of nitrogens with two attached hydrogens (primary N) is 1. The van der Waals surface area contributed by atoms with Gasteiger partial charge in [0, 0.05) is 5.92 Å². The van der Waals surface area contributed by atoms with Gasteiger partial charge in [-0.05, 0) is 48.3 Å². The topological polar surface area (TPSA) is 72.2 Å². The minimum atomic E-state index is -0.467. The fourth-order valence-electron chi connectivity index (χ4n) is 4.73. The molecule has 100 valence electrons. The Morgan fingerprint density at radius 1 is 1.39 bits per heavy atom. The van der Waals surface area contributed by atoms with Crippen molar-refractivity contribution in [1.29, 1.82) is 0 Å². The summed E-state index contributed by atoms with van der Waals surface area (Å²) >= 11 is 0. The third-order valence-corrected chi connectivity index (χ3v) is 5.99. The van der Waals surface area contributed by atoms with Crippen LogP contribution >= 0.6 is 0 Å². The number of carbonyl (C=O) groups is 2. The summed E-state index contributed by atoms with van der Waals surface area (Å²) in [6.45, 7) is 4.68. The molecule has 0 heterocycles. The van der Waals surface area contributed by atoms with Crippen molar-refractivity contribution in [2.24, 2.45) is 34.3 Å². The second-order valence-electron chi connectivity index (χ2n) is 7.02. The molecule has 0 radical (unpaired) electrons. The molecule has 0 aromatic heterocycles. The van der Waals surface area contributed by atoms with E-state index in [2.05, 4.69) is 19.2 Å². The molecule has 4 heteroatoms. The summed E-state index contributed by atoms with van der Waals surface area (Å²) in [6.07, 6.45) is 4.77. The summed E-state index contributed by atoms with van der Waals surface area (Å²) in [5.41, 5.74) is 5.72. The van der Waals surface area contributed by atoms with Gasteiger partial charge in [0.1, 0.15) is 0 Å². The van der Waals surface area contributed by atoms with Crippen LogP contribution in [0.15, 0.2) is 0 Å². The first-order chi connectivity index (χ1) is 8.38. The van der Waals surface area contributed by atoms with Gasteiger partial charge in [-0.1, -0.05) is 13.8 Å². The first-order valence-electron chi connectivity index (χ1n) is 6.94. The third-order valence-electron chi connectivity index (χ3n) is 5.99. The van der Waals surface area contributed by atoms with Crippen LogP contribution in [0.1, 0.15) is 39.5 Å².